The lowest BCUT2D eigenvalue weighted by Gasteiger charge is -2.37. The van der Waals surface area contributed by atoms with Gasteiger partial charge in [-0.15, -0.1) is 0 Å². The predicted octanol–water partition coefficient (Wildman–Crippen LogP) is 4.23. The summed E-state index contributed by atoms with van der Waals surface area (Å²) in [6, 6.07) is 5.97. The van der Waals surface area contributed by atoms with Crippen molar-refractivity contribution >= 4 is 11.6 Å². The van der Waals surface area contributed by atoms with E-state index in [9.17, 15) is 18.0 Å². The monoisotopic (exact) mass is 468 g/mol. The fraction of sp³-hybridized carbons (Fsp3) is 0.720. The van der Waals surface area contributed by atoms with E-state index in [1.165, 1.54) is 12.1 Å². The molecule has 5 nitrogen and oxygen atoms in total. The second-order valence-electron chi connectivity index (χ2n) is 9.86. The SMILES string of the molecule is CN(C)CCCC(=O)NC1CCC(CCN2CCN(c3cccc(C(F)(F)F)c3)CC2)CC1. The first-order valence-corrected chi connectivity index (χ1v) is 12.3. The Kier molecular flexibility index (Phi) is 9.44. The predicted molar refractivity (Wildman–Crippen MR) is 126 cm³/mol. The summed E-state index contributed by atoms with van der Waals surface area (Å²) >= 11 is 0. The fourth-order valence-corrected chi connectivity index (χ4v) is 4.92. The average molecular weight is 469 g/mol. The Morgan fingerprint density at radius 2 is 1.79 bits per heavy atom. The number of carbonyl (C=O) groups excluding carboxylic acids is 1. The average Bonchev–Trinajstić information content (AvgIpc) is 2.78. The molecule has 2 fully saturated rings. The summed E-state index contributed by atoms with van der Waals surface area (Å²) in [5, 5.41) is 3.21. The first kappa shape index (κ1) is 25.8. The van der Waals surface area contributed by atoms with Crippen molar-refractivity contribution in [3.63, 3.8) is 0 Å². The van der Waals surface area contributed by atoms with Gasteiger partial charge in [0.05, 0.1) is 5.56 Å². The highest BCUT2D eigenvalue weighted by molar-refractivity contribution is 5.76. The van der Waals surface area contributed by atoms with Gasteiger partial charge in [0.1, 0.15) is 0 Å². The molecule has 1 saturated carbocycles. The largest absolute Gasteiger partial charge is 0.416 e. The van der Waals surface area contributed by atoms with Gasteiger partial charge in [0.15, 0.2) is 0 Å². The first-order chi connectivity index (χ1) is 15.7. The Bertz CT molecular complexity index is 739. The Labute approximate surface area is 196 Å². The molecule has 1 amide bonds. The highest BCUT2D eigenvalue weighted by Crippen LogP contribution is 2.32. The number of piperazine rings is 1. The third-order valence-corrected chi connectivity index (χ3v) is 6.99. The summed E-state index contributed by atoms with van der Waals surface area (Å²) in [5.41, 5.74) is 0.0781. The van der Waals surface area contributed by atoms with E-state index >= 15 is 0 Å². The van der Waals surface area contributed by atoms with E-state index in [1.54, 1.807) is 6.07 Å². The van der Waals surface area contributed by atoms with Crippen molar-refractivity contribution in [2.75, 3.05) is 58.3 Å². The lowest BCUT2D eigenvalue weighted by atomic mass is 9.84. The van der Waals surface area contributed by atoms with Crippen LogP contribution in [0.25, 0.3) is 0 Å². The van der Waals surface area contributed by atoms with Gasteiger partial charge < -0.3 is 15.1 Å². The zero-order valence-electron chi connectivity index (χ0n) is 20.0. The molecule has 0 aromatic heterocycles. The normalized spacial score (nSPS) is 22.5. The molecular weight excluding hydrogens is 429 g/mol. The molecule has 0 radical (unpaired) electrons. The molecule has 33 heavy (non-hydrogen) atoms. The van der Waals surface area contributed by atoms with Crippen LogP contribution >= 0.6 is 0 Å². The molecule has 1 N–H and O–H groups in total. The van der Waals surface area contributed by atoms with Crippen molar-refractivity contribution in [2.45, 2.75) is 57.2 Å². The van der Waals surface area contributed by atoms with Gasteiger partial charge in [0.2, 0.25) is 5.91 Å². The zero-order chi connectivity index (χ0) is 23.8. The van der Waals surface area contributed by atoms with E-state index < -0.39 is 11.7 Å². The first-order valence-electron chi connectivity index (χ1n) is 12.3. The van der Waals surface area contributed by atoms with Crippen molar-refractivity contribution in [3.8, 4) is 0 Å². The molecule has 8 heteroatoms. The zero-order valence-corrected chi connectivity index (χ0v) is 20.0. The number of nitrogens with zero attached hydrogens (tertiary/aromatic N) is 3. The molecule has 1 aliphatic heterocycles. The van der Waals surface area contributed by atoms with E-state index in [0.29, 0.717) is 24.1 Å². The number of hydrogen-bond acceptors (Lipinski definition) is 4. The van der Waals surface area contributed by atoms with Crippen molar-refractivity contribution in [1.29, 1.82) is 0 Å². The van der Waals surface area contributed by atoms with Gasteiger partial charge in [-0.2, -0.15) is 13.2 Å². The molecule has 1 aromatic rings. The maximum absolute atomic E-state index is 13.0. The Hall–Kier alpha value is -1.80. The smallest absolute Gasteiger partial charge is 0.369 e. The maximum atomic E-state index is 13.0. The second-order valence-corrected chi connectivity index (χ2v) is 9.86. The number of alkyl halides is 3. The van der Waals surface area contributed by atoms with E-state index in [4.69, 9.17) is 0 Å². The van der Waals surface area contributed by atoms with Crippen molar-refractivity contribution in [1.82, 2.24) is 15.1 Å². The molecule has 1 heterocycles. The lowest BCUT2D eigenvalue weighted by Crippen LogP contribution is -2.47. The van der Waals surface area contributed by atoms with E-state index in [0.717, 1.165) is 83.9 Å². The van der Waals surface area contributed by atoms with Crippen LogP contribution < -0.4 is 10.2 Å². The number of benzene rings is 1. The van der Waals surface area contributed by atoms with Crippen molar-refractivity contribution < 1.29 is 18.0 Å². The molecule has 1 saturated heterocycles. The molecular formula is C25H39F3N4O. The minimum absolute atomic E-state index is 0.180. The topological polar surface area (TPSA) is 38.8 Å². The molecule has 1 aromatic carbocycles. The third-order valence-electron chi connectivity index (χ3n) is 6.99. The number of rotatable bonds is 9. The molecule has 0 unspecified atom stereocenters. The summed E-state index contributed by atoms with van der Waals surface area (Å²) in [7, 11) is 4.05. The van der Waals surface area contributed by atoms with Crippen LogP contribution in [-0.2, 0) is 11.0 Å². The van der Waals surface area contributed by atoms with Gasteiger partial charge in [-0.3, -0.25) is 9.69 Å². The number of nitrogens with one attached hydrogen (secondary N) is 1. The highest BCUT2D eigenvalue weighted by atomic mass is 19.4. The van der Waals surface area contributed by atoms with Crippen LogP contribution in [0.1, 0.15) is 50.5 Å². The van der Waals surface area contributed by atoms with Crippen LogP contribution in [0.3, 0.4) is 0 Å². The van der Waals surface area contributed by atoms with Gasteiger partial charge in [-0.1, -0.05) is 6.07 Å². The highest BCUT2D eigenvalue weighted by Gasteiger charge is 2.31. The van der Waals surface area contributed by atoms with E-state index in [-0.39, 0.29) is 5.91 Å². The summed E-state index contributed by atoms with van der Waals surface area (Å²) < 4.78 is 39.0. The molecule has 1 aliphatic carbocycles. The fourth-order valence-electron chi connectivity index (χ4n) is 4.92. The summed E-state index contributed by atoms with van der Waals surface area (Å²) in [4.78, 5) is 18.7. The number of amides is 1. The molecule has 186 valence electrons. The standard InChI is InChI=1S/C25H39F3N4O/c1-30(2)13-4-7-24(33)29-22-10-8-20(9-11-22)12-14-31-15-17-32(18-16-31)23-6-3-5-21(19-23)25(26,27)28/h3,5-6,19-20,22H,4,7-18H2,1-2H3,(H,29,33). The minimum Gasteiger partial charge on any atom is -0.369 e. The molecule has 0 bridgehead atoms. The Balaban J connectivity index is 1.32. The van der Waals surface area contributed by atoms with Gasteiger partial charge in [0.25, 0.3) is 0 Å². The lowest BCUT2D eigenvalue weighted by molar-refractivity contribution is -0.137. The number of carbonyl (C=O) groups is 1. The summed E-state index contributed by atoms with van der Waals surface area (Å²) in [5.74, 6) is 0.882. The van der Waals surface area contributed by atoms with Crippen LogP contribution in [0.15, 0.2) is 24.3 Å². The number of hydrogen-bond donors (Lipinski definition) is 1. The quantitative estimate of drug-likeness (QED) is 0.589. The van der Waals surface area contributed by atoms with Gasteiger partial charge >= 0.3 is 6.18 Å². The molecule has 3 rings (SSSR count). The number of halogens is 3. The van der Waals surface area contributed by atoms with Gasteiger partial charge in [-0.25, -0.2) is 0 Å². The van der Waals surface area contributed by atoms with E-state index in [2.05, 4.69) is 20.0 Å². The maximum Gasteiger partial charge on any atom is 0.416 e. The second kappa shape index (κ2) is 12.1. The Morgan fingerprint density at radius 3 is 2.42 bits per heavy atom. The molecule has 2 aliphatic rings. The van der Waals surface area contributed by atoms with Crippen LogP contribution in [0.4, 0.5) is 18.9 Å². The Morgan fingerprint density at radius 1 is 1.09 bits per heavy atom. The third kappa shape index (κ3) is 8.49. The van der Waals surface area contributed by atoms with Crippen LogP contribution in [-0.4, -0.2) is 75.1 Å². The van der Waals surface area contributed by atoms with Crippen molar-refractivity contribution in [2.24, 2.45) is 5.92 Å². The molecule has 0 spiro atoms. The summed E-state index contributed by atoms with van der Waals surface area (Å²) in [6.45, 7) is 5.27. The number of anilines is 1. The van der Waals surface area contributed by atoms with Crippen LogP contribution in [0, 0.1) is 5.92 Å². The summed E-state index contributed by atoms with van der Waals surface area (Å²) in [6.07, 6.45) is 2.80. The minimum atomic E-state index is -4.30. The van der Waals surface area contributed by atoms with E-state index in [1.807, 2.05) is 14.1 Å². The van der Waals surface area contributed by atoms with Crippen LogP contribution in [0.2, 0.25) is 0 Å². The van der Waals surface area contributed by atoms with Gasteiger partial charge in [-0.05, 0) is 89.8 Å². The van der Waals surface area contributed by atoms with Gasteiger partial charge in [0, 0.05) is 44.3 Å². The van der Waals surface area contributed by atoms with Crippen molar-refractivity contribution in [3.05, 3.63) is 29.8 Å². The molecule has 0 atom stereocenters. The van der Waals surface area contributed by atoms with Crippen LogP contribution in [0.5, 0.6) is 0 Å².